The third-order valence-electron chi connectivity index (χ3n) is 3.95. The summed E-state index contributed by atoms with van der Waals surface area (Å²) in [4.78, 5) is 12.2. The second kappa shape index (κ2) is 7.57. The van der Waals surface area contributed by atoms with E-state index in [0.29, 0.717) is 30.6 Å². The van der Waals surface area contributed by atoms with E-state index in [2.05, 4.69) is 19.2 Å². The van der Waals surface area contributed by atoms with Gasteiger partial charge in [0, 0.05) is 31.7 Å². The number of methoxy groups -OCH3 is 1. The molecule has 21 heavy (non-hydrogen) atoms. The van der Waals surface area contributed by atoms with Gasteiger partial charge in [0.1, 0.15) is 0 Å². The Morgan fingerprint density at radius 2 is 2.29 bits per heavy atom. The molecule has 0 bridgehead atoms. The van der Waals surface area contributed by atoms with Crippen LogP contribution in [0.5, 0.6) is 0 Å². The van der Waals surface area contributed by atoms with Gasteiger partial charge < -0.3 is 14.8 Å². The van der Waals surface area contributed by atoms with Gasteiger partial charge in [-0.05, 0) is 30.0 Å². The van der Waals surface area contributed by atoms with E-state index in [4.69, 9.17) is 9.47 Å². The van der Waals surface area contributed by atoms with E-state index in [9.17, 15) is 4.79 Å². The van der Waals surface area contributed by atoms with Gasteiger partial charge in [0.25, 0.3) is 5.91 Å². The molecular weight excluding hydrogens is 266 g/mol. The Bertz CT molecular complexity index is 473. The molecule has 4 nitrogen and oxygen atoms in total. The Hall–Kier alpha value is -1.39. The smallest absolute Gasteiger partial charge is 0.251 e. The molecule has 1 fully saturated rings. The summed E-state index contributed by atoms with van der Waals surface area (Å²) >= 11 is 0. The Kier molecular flexibility index (Phi) is 5.76. The number of carbonyl (C=O) groups excluding carboxylic acids is 1. The van der Waals surface area contributed by atoms with Crippen molar-refractivity contribution >= 4 is 5.91 Å². The SMILES string of the molecule is COCc1cccc(C(=O)NC[C@@H]2CCO[C@H]2C(C)C)c1. The van der Waals surface area contributed by atoms with Gasteiger partial charge in [-0.1, -0.05) is 26.0 Å². The van der Waals surface area contributed by atoms with E-state index < -0.39 is 0 Å². The summed E-state index contributed by atoms with van der Waals surface area (Å²) in [6, 6.07) is 7.56. The quantitative estimate of drug-likeness (QED) is 0.876. The predicted octanol–water partition coefficient (Wildman–Crippen LogP) is 2.62. The van der Waals surface area contributed by atoms with Crippen molar-refractivity contribution in [3.05, 3.63) is 35.4 Å². The number of amides is 1. The summed E-state index contributed by atoms with van der Waals surface area (Å²) in [6.45, 7) is 6.33. The van der Waals surface area contributed by atoms with Crippen molar-refractivity contribution in [2.45, 2.75) is 33.0 Å². The molecule has 1 heterocycles. The van der Waals surface area contributed by atoms with Crippen molar-refractivity contribution in [1.29, 1.82) is 0 Å². The van der Waals surface area contributed by atoms with Crippen molar-refractivity contribution in [3.63, 3.8) is 0 Å². The summed E-state index contributed by atoms with van der Waals surface area (Å²) in [5, 5.41) is 3.04. The topological polar surface area (TPSA) is 47.6 Å². The zero-order valence-corrected chi connectivity index (χ0v) is 13.1. The van der Waals surface area contributed by atoms with Gasteiger partial charge in [0.2, 0.25) is 0 Å². The van der Waals surface area contributed by atoms with E-state index in [0.717, 1.165) is 18.6 Å². The minimum Gasteiger partial charge on any atom is -0.380 e. The fourth-order valence-electron chi connectivity index (χ4n) is 2.91. The highest BCUT2D eigenvalue weighted by Crippen LogP contribution is 2.26. The molecule has 1 saturated heterocycles. The molecule has 0 unspecified atom stereocenters. The second-order valence-electron chi connectivity index (χ2n) is 5.97. The van der Waals surface area contributed by atoms with Crippen molar-refractivity contribution in [3.8, 4) is 0 Å². The standard InChI is InChI=1S/C17H25NO3/c1-12(2)16-15(7-8-21-16)10-18-17(19)14-6-4-5-13(9-14)11-20-3/h4-6,9,12,15-16H,7-8,10-11H2,1-3H3,(H,18,19)/t15-,16-/m0/s1. The zero-order chi connectivity index (χ0) is 15.2. The van der Waals surface area contributed by atoms with Crippen LogP contribution >= 0.6 is 0 Å². The number of ether oxygens (including phenoxy) is 2. The van der Waals surface area contributed by atoms with Crippen molar-refractivity contribution in [2.75, 3.05) is 20.3 Å². The number of nitrogens with one attached hydrogen (secondary N) is 1. The van der Waals surface area contributed by atoms with Crippen molar-refractivity contribution in [2.24, 2.45) is 11.8 Å². The first-order valence-electron chi connectivity index (χ1n) is 7.59. The molecule has 0 spiro atoms. The van der Waals surface area contributed by atoms with Crippen molar-refractivity contribution < 1.29 is 14.3 Å². The Morgan fingerprint density at radius 1 is 1.48 bits per heavy atom. The lowest BCUT2D eigenvalue weighted by Crippen LogP contribution is -2.34. The first-order chi connectivity index (χ1) is 10.1. The monoisotopic (exact) mass is 291 g/mol. The van der Waals surface area contributed by atoms with Crippen LogP contribution in [0.4, 0.5) is 0 Å². The second-order valence-corrected chi connectivity index (χ2v) is 5.97. The van der Waals surface area contributed by atoms with E-state index >= 15 is 0 Å². The van der Waals surface area contributed by atoms with Crippen LogP contribution in [0, 0.1) is 11.8 Å². The highest BCUT2D eigenvalue weighted by molar-refractivity contribution is 5.94. The molecule has 0 saturated carbocycles. The van der Waals surface area contributed by atoms with Crippen LogP contribution in [-0.2, 0) is 16.1 Å². The van der Waals surface area contributed by atoms with Gasteiger partial charge in [-0.3, -0.25) is 4.79 Å². The minimum absolute atomic E-state index is 0.0256. The summed E-state index contributed by atoms with van der Waals surface area (Å²) in [5.74, 6) is 0.873. The van der Waals surface area contributed by atoms with Gasteiger partial charge in [0.05, 0.1) is 12.7 Å². The fraction of sp³-hybridized carbons (Fsp3) is 0.588. The summed E-state index contributed by atoms with van der Waals surface area (Å²) < 4.78 is 10.8. The average molecular weight is 291 g/mol. The van der Waals surface area contributed by atoms with Crippen LogP contribution in [0.1, 0.15) is 36.2 Å². The minimum atomic E-state index is -0.0256. The maximum Gasteiger partial charge on any atom is 0.251 e. The lowest BCUT2D eigenvalue weighted by atomic mass is 9.93. The largest absolute Gasteiger partial charge is 0.380 e. The van der Waals surface area contributed by atoms with Crippen LogP contribution in [0.2, 0.25) is 0 Å². The highest BCUT2D eigenvalue weighted by atomic mass is 16.5. The van der Waals surface area contributed by atoms with Gasteiger partial charge in [0.15, 0.2) is 0 Å². The van der Waals surface area contributed by atoms with Gasteiger partial charge >= 0.3 is 0 Å². The first kappa shape index (κ1) is 16.0. The Balaban J connectivity index is 1.91. The molecule has 1 amide bonds. The molecule has 1 aliphatic rings. The van der Waals surface area contributed by atoms with Crippen LogP contribution in [0.15, 0.2) is 24.3 Å². The Labute approximate surface area is 126 Å². The van der Waals surface area contributed by atoms with Gasteiger partial charge in [-0.2, -0.15) is 0 Å². The van der Waals surface area contributed by atoms with E-state index in [1.165, 1.54) is 0 Å². The maximum absolute atomic E-state index is 12.2. The maximum atomic E-state index is 12.2. The number of hydrogen-bond acceptors (Lipinski definition) is 3. The number of carbonyl (C=O) groups is 1. The van der Waals surface area contributed by atoms with Crippen molar-refractivity contribution in [1.82, 2.24) is 5.32 Å². The number of benzene rings is 1. The fourth-order valence-corrected chi connectivity index (χ4v) is 2.91. The predicted molar refractivity (Wildman–Crippen MR) is 82.2 cm³/mol. The molecule has 1 aliphatic heterocycles. The molecule has 1 N–H and O–H groups in total. The van der Waals surface area contributed by atoms with Crippen LogP contribution in [0.25, 0.3) is 0 Å². The lowest BCUT2D eigenvalue weighted by Gasteiger charge is -2.22. The van der Waals surface area contributed by atoms with E-state index in [1.807, 2.05) is 24.3 Å². The molecular formula is C17H25NO3. The highest BCUT2D eigenvalue weighted by Gasteiger charge is 2.30. The molecule has 1 aromatic carbocycles. The van der Waals surface area contributed by atoms with E-state index in [-0.39, 0.29) is 12.0 Å². The normalized spacial score (nSPS) is 21.7. The van der Waals surface area contributed by atoms with E-state index in [1.54, 1.807) is 7.11 Å². The summed E-state index contributed by atoms with van der Waals surface area (Å²) in [6.07, 6.45) is 1.28. The first-order valence-corrected chi connectivity index (χ1v) is 7.59. The van der Waals surface area contributed by atoms with Crippen LogP contribution in [0.3, 0.4) is 0 Å². The molecule has 0 aliphatic carbocycles. The summed E-state index contributed by atoms with van der Waals surface area (Å²) in [7, 11) is 1.65. The Morgan fingerprint density at radius 3 is 3.00 bits per heavy atom. The lowest BCUT2D eigenvalue weighted by molar-refractivity contribution is 0.0533. The third-order valence-corrected chi connectivity index (χ3v) is 3.95. The number of hydrogen-bond donors (Lipinski definition) is 1. The summed E-state index contributed by atoms with van der Waals surface area (Å²) in [5.41, 5.74) is 1.69. The molecule has 2 atom stereocenters. The van der Waals surface area contributed by atoms with Crippen LogP contribution in [-0.4, -0.2) is 32.3 Å². The van der Waals surface area contributed by atoms with Gasteiger partial charge in [-0.15, -0.1) is 0 Å². The average Bonchev–Trinajstić information content (AvgIpc) is 2.94. The molecule has 0 aromatic heterocycles. The molecule has 0 radical (unpaired) electrons. The number of rotatable bonds is 6. The zero-order valence-electron chi connectivity index (χ0n) is 13.1. The molecule has 116 valence electrons. The van der Waals surface area contributed by atoms with Crippen LogP contribution < -0.4 is 5.32 Å². The van der Waals surface area contributed by atoms with Gasteiger partial charge in [-0.25, -0.2) is 0 Å². The third kappa shape index (κ3) is 4.29. The molecule has 2 rings (SSSR count). The molecule has 4 heteroatoms. The molecule has 1 aromatic rings.